The lowest BCUT2D eigenvalue weighted by Crippen LogP contribution is -2.16. The Kier molecular flexibility index (Phi) is 4.25. The summed E-state index contributed by atoms with van der Waals surface area (Å²) in [4.78, 5) is 4.24. The molecule has 0 amide bonds. The van der Waals surface area contributed by atoms with Gasteiger partial charge < -0.3 is 5.73 Å². The van der Waals surface area contributed by atoms with Crippen LogP contribution in [0.5, 0.6) is 0 Å². The molecule has 21 heavy (non-hydrogen) atoms. The topological polar surface area (TPSA) is 85.1 Å². The molecule has 1 aromatic carbocycles. The number of sulfonamides is 1. The number of hydrogen-bond acceptors (Lipinski definition) is 4. The van der Waals surface area contributed by atoms with E-state index >= 15 is 0 Å². The van der Waals surface area contributed by atoms with Crippen molar-refractivity contribution in [2.45, 2.75) is 25.7 Å². The third-order valence-corrected chi connectivity index (χ3v) is 5.07. The molecule has 0 radical (unpaired) electrons. The molecule has 7 heteroatoms. The van der Waals surface area contributed by atoms with Crippen LogP contribution in [-0.2, 0) is 10.0 Å². The summed E-state index contributed by atoms with van der Waals surface area (Å²) in [6, 6.07) is 6.57. The number of nitrogens with two attached hydrogens (primary N) is 1. The molecule has 0 saturated heterocycles. The van der Waals surface area contributed by atoms with Crippen molar-refractivity contribution < 1.29 is 8.42 Å². The SMILES string of the molecule is Cc1cc(N)c(S(=O)(=O)Nc2ccc(Br)nc2C)cc1C. The van der Waals surface area contributed by atoms with Crippen molar-refractivity contribution in [1.82, 2.24) is 4.98 Å². The van der Waals surface area contributed by atoms with Gasteiger partial charge in [-0.2, -0.15) is 0 Å². The van der Waals surface area contributed by atoms with Crippen molar-refractivity contribution in [3.63, 3.8) is 0 Å². The molecule has 0 bridgehead atoms. The highest BCUT2D eigenvalue weighted by Gasteiger charge is 2.19. The zero-order valence-corrected chi connectivity index (χ0v) is 14.3. The van der Waals surface area contributed by atoms with Gasteiger partial charge in [-0.3, -0.25) is 4.72 Å². The Morgan fingerprint density at radius 2 is 1.76 bits per heavy atom. The number of halogens is 1. The van der Waals surface area contributed by atoms with Crippen LogP contribution < -0.4 is 10.5 Å². The molecule has 112 valence electrons. The molecule has 3 N–H and O–H groups in total. The Hall–Kier alpha value is -1.60. The zero-order chi connectivity index (χ0) is 15.8. The summed E-state index contributed by atoms with van der Waals surface area (Å²) in [5, 5.41) is 0. The monoisotopic (exact) mass is 369 g/mol. The van der Waals surface area contributed by atoms with Crippen molar-refractivity contribution in [2.75, 3.05) is 10.5 Å². The smallest absolute Gasteiger partial charge is 0.264 e. The lowest BCUT2D eigenvalue weighted by Gasteiger charge is -2.13. The first-order valence-corrected chi connectivity index (χ1v) is 8.51. The first-order chi connectivity index (χ1) is 9.70. The zero-order valence-electron chi connectivity index (χ0n) is 11.9. The van der Waals surface area contributed by atoms with Crippen LogP contribution in [0.25, 0.3) is 0 Å². The Morgan fingerprint density at radius 1 is 1.14 bits per heavy atom. The third-order valence-electron chi connectivity index (χ3n) is 3.21. The number of benzene rings is 1. The van der Waals surface area contributed by atoms with Gasteiger partial charge in [-0.25, -0.2) is 13.4 Å². The summed E-state index contributed by atoms with van der Waals surface area (Å²) < 4.78 is 28.2. The normalized spacial score (nSPS) is 11.4. The molecule has 1 heterocycles. The number of rotatable bonds is 3. The van der Waals surface area contributed by atoms with Crippen LogP contribution in [-0.4, -0.2) is 13.4 Å². The molecule has 2 aromatic rings. The van der Waals surface area contributed by atoms with Crippen molar-refractivity contribution in [3.05, 3.63) is 45.7 Å². The van der Waals surface area contributed by atoms with E-state index in [1.807, 2.05) is 13.8 Å². The number of nitrogen functional groups attached to an aromatic ring is 1. The Balaban J connectivity index is 2.46. The maximum absolute atomic E-state index is 12.5. The van der Waals surface area contributed by atoms with Crippen LogP contribution in [0.2, 0.25) is 0 Å². The molecular formula is C14H16BrN3O2S. The van der Waals surface area contributed by atoms with Gasteiger partial charge in [-0.05, 0) is 72.1 Å². The van der Waals surface area contributed by atoms with Crippen molar-refractivity contribution in [3.8, 4) is 0 Å². The second-order valence-corrected chi connectivity index (χ2v) is 7.31. The van der Waals surface area contributed by atoms with E-state index < -0.39 is 10.0 Å². The maximum atomic E-state index is 12.5. The fourth-order valence-corrected chi connectivity index (χ4v) is 3.60. The van der Waals surface area contributed by atoms with E-state index in [1.165, 1.54) is 0 Å². The lowest BCUT2D eigenvalue weighted by molar-refractivity contribution is 0.601. The lowest BCUT2D eigenvalue weighted by atomic mass is 10.1. The first kappa shape index (κ1) is 15.8. The molecule has 1 aromatic heterocycles. The predicted octanol–water partition coefficient (Wildman–Crippen LogP) is 3.15. The molecule has 0 spiro atoms. The average molecular weight is 370 g/mol. The second kappa shape index (κ2) is 5.65. The summed E-state index contributed by atoms with van der Waals surface area (Å²) >= 11 is 3.24. The summed E-state index contributed by atoms with van der Waals surface area (Å²) in [5.74, 6) is 0. The minimum atomic E-state index is -3.75. The van der Waals surface area contributed by atoms with Gasteiger partial charge in [-0.1, -0.05) is 0 Å². The van der Waals surface area contributed by atoms with Crippen LogP contribution in [0.4, 0.5) is 11.4 Å². The fourth-order valence-electron chi connectivity index (χ4n) is 1.88. The number of nitrogens with one attached hydrogen (secondary N) is 1. The minimum absolute atomic E-state index is 0.0768. The minimum Gasteiger partial charge on any atom is -0.398 e. The largest absolute Gasteiger partial charge is 0.398 e. The van der Waals surface area contributed by atoms with Crippen LogP contribution >= 0.6 is 15.9 Å². The van der Waals surface area contributed by atoms with Gasteiger partial charge in [0.1, 0.15) is 9.50 Å². The molecule has 5 nitrogen and oxygen atoms in total. The quantitative estimate of drug-likeness (QED) is 0.642. The summed E-state index contributed by atoms with van der Waals surface area (Å²) in [6.07, 6.45) is 0. The van der Waals surface area contributed by atoms with Crippen molar-refractivity contribution in [1.29, 1.82) is 0 Å². The van der Waals surface area contributed by atoms with Crippen molar-refractivity contribution >= 4 is 37.3 Å². The molecule has 0 aliphatic rings. The number of aromatic nitrogens is 1. The van der Waals surface area contributed by atoms with E-state index in [0.29, 0.717) is 16.0 Å². The number of hydrogen-bond donors (Lipinski definition) is 2. The van der Waals surface area contributed by atoms with Crippen LogP contribution in [0.15, 0.2) is 33.8 Å². The summed E-state index contributed by atoms with van der Waals surface area (Å²) in [6.45, 7) is 5.46. The van der Waals surface area contributed by atoms with E-state index in [-0.39, 0.29) is 10.6 Å². The van der Waals surface area contributed by atoms with Gasteiger partial charge in [0.25, 0.3) is 10.0 Å². The number of nitrogens with zero attached hydrogens (tertiary/aromatic N) is 1. The van der Waals surface area contributed by atoms with Crippen LogP contribution in [0.1, 0.15) is 16.8 Å². The Bertz CT molecular complexity index is 804. The van der Waals surface area contributed by atoms with Gasteiger partial charge in [0.15, 0.2) is 0 Å². The van der Waals surface area contributed by atoms with E-state index in [2.05, 4.69) is 25.6 Å². The number of pyridine rings is 1. The summed E-state index contributed by atoms with van der Waals surface area (Å²) in [5.41, 5.74) is 8.91. The highest BCUT2D eigenvalue weighted by molar-refractivity contribution is 9.10. The molecule has 0 atom stereocenters. The second-order valence-electron chi connectivity index (χ2n) is 4.85. The maximum Gasteiger partial charge on any atom is 0.264 e. The molecule has 0 aliphatic heterocycles. The number of anilines is 2. The molecule has 0 fully saturated rings. The Morgan fingerprint density at radius 3 is 2.38 bits per heavy atom. The molecule has 0 unspecified atom stereocenters. The van der Waals surface area contributed by atoms with Gasteiger partial charge >= 0.3 is 0 Å². The molecule has 0 aliphatic carbocycles. The van der Waals surface area contributed by atoms with E-state index in [1.54, 1.807) is 31.2 Å². The van der Waals surface area contributed by atoms with Crippen LogP contribution in [0, 0.1) is 20.8 Å². The van der Waals surface area contributed by atoms with Gasteiger partial charge in [0, 0.05) is 0 Å². The van der Waals surface area contributed by atoms with Gasteiger partial charge in [-0.15, -0.1) is 0 Å². The number of aryl methyl sites for hydroxylation is 3. The Labute approximate surface area is 132 Å². The van der Waals surface area contributed by atoms with Crippen molar-refractivity contribution in [2.24, 2.45) is 0 Å². The highest BCUT2D eigenvalue weighted by atomic mass is 79.9. The van der Waals surface area contributed by atoms with E-state index in [4.69, 9.17) is 5.73 Å². The molecule has 2 rings (SSSR count). The molecular weight excluding hydrogens is 354 g/mol. The average Bonchev–Trinajstić information content (AvgIpc) is 2.37. The molecule has 0 saturated carbocycles. The third kappa shape index (κ3) is 3.36. The van der Waals surface area contributed by atoms with E-state index in [9.17, 15) is 8.42 Å². The standard InChI is InChI=1S/C14H16BrN3O2S/c1-8-6-11(16)13(7-9(8)2)21(19,20)18-12-4-5-14(15)17-10(12)3/h4-7,18H,16H2,1-3H3. The highest BCUT2D eigenvalue weighted by Crippen LogP contribution is 2.26. The van der Waals surface area contributed by atoms with Gasteiger partial charge in [0.2, 0.25) is 0 Å². The fraction of sp³-hybridized carbons (Fsp3) is 0.214. The predicted molar refractivity (Wildman–Crippen MR) is 87.8 cm³/mol. The van der Waals surface area contributed by atoms with Crippen LogP contribution in [0.3, 0.4) is 0 Å². The van der Waals surface area contributed by atoms with Gasteiger partial charge in [0.05, 0.1) is 17.1 Å². The first-order valence-electron chi connectivity index (χ1n) is 6.23. The summed E-state index contributed by atoms with van der Waals surface area (Å²) in [7, 11) is -3.75. The van der Waals surface area contributed by atoms with E-state index in [0.717, 1.165) is 11.1 Å².